The van der Waals surface area contributed by atoms with Crippen LogP contribution in [0.5, 0.6) is 0 Å². The van der Waals surface area contributed by atoms with Crippen LogP contribution in [-0.2, 0) is 15.8 Å². The number of halogens is 3. The highest BCUT2D eigenvalue weighted by Gasteiger charge is 2.52. The van der Waals surface area contributed by atoms with Gasteiger partial charge in [-0.1, -0.05) is 65.0 Å². The first-order valence-electron chi connectivity index (χ1n) is 14.5. The average molecular weight is 659 g/mol. The number of nitrogens with zero attached hydrogens (tertiary/aromatic N) is 1. The molecule has 0 saturated carbocycles. The number of urea groups is 1. The summed E-state index contributed by atoms with van der Waals surface area (Å²) in [6, 6.07) is 8.70. The molecule has 15 heteroatoms. The summed E-state index contributed by atoms with van der Waals surface area (Å²) in [7, 11) is -2.94. The molecule has 1 aromatic carbocycles. The van der Waals surface area contributed by atoms with E-state index in [9.17, 15) is 42.9 Å². The molecule has 0 bridgehead atoms. The molecule has 252 valence electrons. The number of aliphatic hydroxyl groups is 3. The summed E-state index contributed by atoms with van der Waals surface area (Å²) in [5.41, 5.74) is -2.16. The molecule has 0 fully saturated rings. The normalized spacial score (nSPS) is 14.2. The molecule has 2 rings (SSSR count). The van der Waals surface area contributed by atoms with Crippen LogP contribution in [0.1, 0.15) is 34.6 Å². The van der Waals surface area contributed by atoms with Crippen molar-refractivity contribution in [1.29, 1.82) is 0 Å². The molecule has 2 aromatic rings. The maximum atomic E-state index is 14.4. The maximum absolute atomic E-state index is 14.4. The maximum Gasteiger partial charge on any atom is 0.415 e. The van der Waals surface area contributed by atoms with Crippen molar-refractivity contribution in [1.82, 2.24) is 15.2 Å². The topological polar surface area (TPSA) is 162 Å². The second-order valence-electron chi connectivity index (χ2n) is 12.9. The van der Waals surface area contributed by atoms with Crippen LogP contribution < -0.4 is 21.5 Å². The molecular weight excluding hydrogens is 613 g/mol. The van der Waals surface area contributed by atoms with Gasteiger partial charge in [0.2, 0.25) is 5.91 Å². The summed E-state index contributed by atoms with van der Waals surface area (Å²) in [5, 5.41) is 34.9. The van der Waals surface area contributed by atoms with Crippen LogP contribution in [0.15, 0.2) is 47.3 Å². The zero-order valence-electron chi connectivity index (χ0n) is 26.7. The minimum atomic E-state index is -4.80. The molecule has 1 aromatic heterocycles. The Morgan fingerprint density at radius 1 is 0.956 bits per heavy atom. The quantitative estimate of drug-likeness (QED) is 0.180. The SMILES string of the molecule is CC(C)C(NC(=O)Cn1c(-c2ccccc2)ccc(NC(=O)NC(CO)(CO)CO)c1=O)C(O[Si](C)(C)C(C)(C)C)C(F)(F)F. The fourth-order valence-electron chi connectivity index (χ4n) is 4.16. The Kier molecular flexibility index (Phi) is 12.6. The van der Waals surface area contributed by atoms with Crippen molar-refractivity contribution in [2.24, 2.45) is 5.92 Å². The number of carbonyl (C=O) groups excluding carboxylic acids is 2. The summed E-state index contributed by atoms with van der Waals surface area (Å²) in [5.74, 6) is -1.58. The van der Waals surface area contributed by atoms with Crippen molar-refractivity contribution < 1.29 is 42.5 Å². The van der Waals surface area contributed by atoms with Crippen molar-refractivity contribution in [3.05, 3.63) is 52.8 Å². The zero-order chi connectivity index (χ0) is 34.4. The number of carbonyl (C=O) groups is 2. The van der Waals surface area contributed by atoms with Crippen molar-refractivity contribution in [3.8, 4) is 11.3 Å². The predicted molar refractivity (Wildman–Crippen MR) is 167 cm³/mol. The predicted octanol–water partition coefficient (Wildman–Crippen LogP) is 3.45. The van der Waals surface area contributed by atoms with Crippen LogP contribution >= 0.6 is 0 Å². The van der Waals surface area contributed by atoms with Crippen LogP contribution in [0.3, 0.4) is 0 Å². The number of alkyl halides is 3. The van der Waals surface area contributed by atoms with Gasteiger partial charge in [0.15, 0.2) is 14.4 Å². The van der Waals surface area contributed by atoms with Gasteiger partial charge >= 0.3 is 12.2 Å². The van der Waals surface area contributed by atoms with Gasteiger partial charge in [-0.2, -0.15) is 13.2 Å². The first kappa shape index (κ1) is 37.9. The van der Waals surface area contributed by atoms with Gasteiger partial charge in [0.1, 0.15) is 17.8 Å². The Morgan fingerprint density at radius 2 is 1.51 bits per heavy atom. The standard InChI is InChI=1S/C30H45F3N4O7Si/c1-19(2)24(25(30(31,32)33)44-45(6,7)28(3,4)5)35-23(41)15-37-22(20-11-9-8-10-12-20)14-13-21(26(37)42)34-27(43)36-29(16-38,17-39)18-40/h8-14,19,24-25,38-40H,15-18H2,1-7H3,(H,35,41)(H2,34,36,43). The number of aliphatic hydroxyl groups excluding tert-OH is 3. The number of amides is 3. The van der Waals surface area contributed by atoms with Gasteiger partial charge in [0.05, 0.1) is 31.6 Å². The van der Waals surface area contributed by atoms with E-state index in [0.717, 1.165) is 4.57 Å². The van der Waals surface area contributed by atoms with Gasteiger partial charge in [-0.3, -0.25) is 14.2 Å². The number of pyridine rings is 1. The molecule has 0 aliphatic carbocycles. The third-order valence-corrected chi connectivity index (χ3v) is 12.5. The number of hydrogen-bond donors (Lipinski definition) is 6. The Bertz CT molecular complexity index is 1350. The molecule has 2 unspecified atom stereocenters. The van der Waals surface area contributed by atoms with E-state index in [4.69, 9.17) is 4.43 Å². The molecule has 3 amide bonds. The summed E-state index contributed by atoms with van der Waals surface area (Å²) in [6.07, 6.45) is -7.09. The Morgan fingerprint density at radius 3 is 1.98 bits per heavy atom. The summed E-state index contributed by atoms with van der Waals surface area (Å²) in [6.45, 7) is 8.78. The monoisotopic (exact) mass is 658 g/mol. The summed E-state index contributed by atoms with van der Waals surface area (Å²) >= 11 is 0. The summed E-state index contributed by atoms with van der Waals surface area (Å²) in [4.78, 5) is 39.7. The third kappa shape index (κ3) is 9.62. The highest BCUT2D eigenvalue weighted by atomic mass is 28.4. The number of benzene rings is 1. The second kappa shape index (κ2) is 14.9. The van der Waals surface area contributed by atoms with E-state index in [1.54, 1.807) is 43.4 Å². The second-order valence-corrected chi connectivity index (χ2v) is 17.7. The molecule has 0 aliphatic heterocycles. The van der Waals surface area contributed by atoms with E-state index >= 15 is 0 Å². The van der Waals surface area contributed by atoms with E-state index in [1.807, 2.05) is 20.8 Å². The molecule has 45 heavy (non-hydrogen) atoms. The van der Waals surface area contributed by atoms with Gasteiger partial charge in [-0.05, 0) is 41.7 Å². The lowest BCUT2D eigenvalue weighted by atomic mass is 9.98. The fourth-order valence-corrected chi connectivity index (χ4v) is 5.43. The molecule has 6 N–H and O–H groups in total. The summed E-state index contributed by atoms with van der Waals surface area (Å²) < 4.78 is 50.2. The number of rotatable bonds is 13. The van der Waals surface area contributed by atoms with E-state index < -0.39 is 87.0 Å². The van der Waals surface area contributed by atoms with Crippen LogP contribution in [0, 0.1) is 5.92 Å². The minimum Gasteiger partial charge on any atom is -0.404 e. The lowest BCUT2D eigenvalue weighted by Gasteiger charge is -2.42. The average Bonchev–Trinajstić information content (AvgIpc) is 2.95. The highest BCUT2D eigenvalue weighted by Crippen LogP contribution is 2.41. The Hall–Kier alpha value is -3.24. The van der Waals surface area contributed by atoms with E-state index in [-0.39, 0.29) is 11.4 Å². The molecule has 0 aliphatic rings. The number of nitrogens with one attached hydrogen (secondary N) is 3. The lowest BCUT2D eigenvalue weighted by Crippen LogP contribution is -2.59. The number of aromatic nitrogens is 1. The zero-order valence-corrected chi connectivity index (χ0v) is 27.7. The first-order valence-corrected chi connectivity index (χ1v) is 17.4. The van der Waals surface area contributed by atoms with E-state index in [0.29, 0.717) is 5.56 Å². The molecule has 0 saturated heterocycles. The van der Waals surface area contributed by atoms with Gasteiger partial charge in [0.25, 0.3) is 5.56 Å². The molecular formula is C30H45F3N4O7Si. The van der Waals surface area contributed by atoms with Gasteiger partial charge in [-0.15, -0.1) is 0 Å². The molecule has 0 spiro atoms. The molecule has 11 nitrogen and oxygen atoms in total. The van der Waals surface area contributed by atoms with Crippen molar-refractivity contribution in [2.75, 3.05) is 25.1 Å². The van der Waals surface area contributed by atoms with Crippen LogP contribution in [-0.4, -0.2) is 83.8 Å². The van der Waals surface area contributed by atoms with Crippen LogP contribution in [0.4, 0.5) is 23.7 Å². The molecule has 0 radical (unpaired) electrons. The van der Waals surface area contributed by atoms with E-state index in [2.05, 4.69) is 16.0 Å². The van der Waals surface area contributed by atoms with Crippen LogP contribution in [0.2, 0.25) is 18.1 Å². The van der Waals surface area contributed by atoms with E-state index in [1.165, 1.54) is 26.0 Å². The first-order chi connectivity index (χ1) is 20.7. The highest BCUT2D eigenvalue weighted by molar-refractivity contribution is 6.74. The van der Waals surface area contributed by atoms with Gasteiger partial charge < -0.3 is 35.7 Å². The van der Waals surface area contributed by atoms with Gasteiger partial charge in [0, 0.05) is 0 Å². The minimum absolute atomic E-state index is 0.253. The largest absolute Gasteiger partial charge is 0.415 e. The fraction of sp³-hybridized carbons (Fsp3) is 0.567. The van der Waals surface area contributed by atoms with Crippen molar-refractivity contribution in [2.45, 2.75) is 83.2 Å². The smallest absolute Gasteiger partial charge is 0.404 e. The molecule has 2 atom stereocenters. The third-order valence-electron chi connectivity index (χ3n) is 8.00. The molecule has 1 heterocycles. The Labute approximate surface area is 261 Å². The van der Waals surface area contributed by atoms with Gasteiger partial charge in [-0.25, -0.2) is 4.79 Å². The number of anilines is 1. The number of hydrogen-bond acceptors (Lipinski definition) is 7. The Balaban J connectivity index is 2.51. The van der Waals surface area contributed by atoms with Crippen molar-refractivity contribution >= 4 is 25.9 Å². The van der Waals surface area contributed by atoms with Crippen LogP contribution in [0.25, 0.3) is 11.3 Å². The lowest BCUT2D eigenvalue weighted by molar-refractivity contribution is -0.210. The van der Waals surface area contributed by atoms with Crippen molar-refractivity contribution in [3.63, 3.8) is 0 Å².